The maximum Gasteiger partial charge on any atom is 0.294 e. The molecule has 1 amide bonds. The van der Waals surface area contributed by atoms with E-state index in [0.717, 1.165) is 5.56 Å². The van der Waals surface area contributed by atoms with Crippen LogP contribution in [-0.2, 0) is 0 Å². The molecule has 0 aliphatic carbocycles. The van der Waals surface area contributed by atoms with Crippen molar-refractivity contribution < 1.29 is 9.42 Å². The lowest BCUT2D eigenvalue weighted by Crippen LogP contribution is -2.21. The van der Waals surface area contributed by atoms with Gasteiger partial charge in [0, 0.05) is 5.56 Å². The highest BCUT2D eigenvalue weighted by atomic mass is 35.5. The number of hydrogen-bond acceptors (Lipinski definition) is 8. The van der Waals surface area contributed by atoms with Crippen LogP contribution in [0.15, 0.2) is 58.3 Å². The number of hydrogen-bond donors (Lipinski definition) is 2. The summed E-state index contributed by atoms with van der Waals surface area (Å²) < 4.78 is 5.90. The molecule has 32 heavy (non-hydrogen) atoms. The molecular weight excluding hydrogens is 455 g/mol. The Bertz CT molecular complexity index is 1300. The molecule has 2 aromatic carbocycles. The zero-order chi connectivity index (χ0) is 22.7. The number of anilines is 1. The molecule has 0 saturated carbocycles. The number of nitrogens with two attached hydrogens (primary N) is 1. The summed E-state index contributed by atoms with van der Waals surface area (Å²) in [6.07, 6.45) is 0.609. The van der Waals surface area contributed by atoms with Gasteiger partial charge in [-0.1, -0.05) is 71.7 Å². The van der Waals surface area contributed by atoms with Crippen molar-refractivity contribution in [3.05, 3.63) is 69.8 Å². The monoisotopic (exact) mass is 470 g/mol. The molecule has 0 radical (unpaired) electrons. The van der Waals surface area contributed by atoms with Crippen LogP contribution in [0.3, 0.4) is 0 Å². The predicted molar refractivity (Wildman–Crippen MR) is 120 cm³/mol. The molecule has 162 valence electrons. The molecule has 10 nitrogen and oxygen atoms in total. The van der Waals surface area contributed by atoms with E-state index in [2.05, 4.69) is 35.8 Å². The molecule has 0 bridgehead atoms. The summed E-state index contributed by atoms with van der Waals surface area (Å²) in [6.45, 7) is 1.94. The highest BCUT2D eigenvalue weighted by Crippen LogP contribution is 2.31. The average Bonchev–Trinajstić information content (AvgIpc) is 3.42. The Morgan fingerprint density at radius 2 is 1.94 bits per heavy atom. The fourth-order valence-corrected chi connectivity index (χ4v) is 3.27. The number of nitrogen functional groups attached to an aromatic ring is 1. The van der Waals surface area contributed by atoms with Crippen molar-refractivity contribution in [3.63, 3.8) is 0 Å². The first kappa shape index (κ1) is 21.5. The lowest BCUT2D eigenvalue weighted by molar-refractivity contribution is 0.0950. The van der Waals surface area contributed by atoms with Crippen LogP contribution >= 0.6 is 23.2 Å². The second-order valence-electron chi connectivity index (χ2n) is 6.52. The van der Waals surface area contributed by atoms with Crippen molar-refractivity contribution in [2.45, 2.75) is 13.3 Å². The van der Waals surface area contributed by atoms with Gasteiger partial charge in [0.15, 0.2) is 5.69 Å². The Morgan fingerprint density at radius 3 is 2.59 bits per heavy atom. The topological polar surface area (TPSA) is 137 Å². The maximum absolute atomic E-state index is 13.0. The van der Waals surface area contributed by atoms with Crippen molar-refractivity contribution in [1.29, 1.82) is 0 Å². The molecule has 4 rings (SSSR count). The number of halogens is 2. The van der Waals surface area contributed by atoms with Crippen LogP contribution in [0, 0.1) is 0 Å². The fourth-order valence-electron chi connectivity index (χ4n) is 2.97. The summed E-state index contributed by atoms with van der Waals surface area (Å²) in [7, 11) is 0. The second-order valence-corrected chi connectivity index (χ2v) is 7.33. The largest absolute Gasteiger partial charge is 0.378 e. The summed E-state index contributed by atoms with van der Waals surface area (Å²) in [5, 5.41) is 20.2. The second kappa shape index (κ2) is 9.16. The van der Waals surface area contributed by atoms with E-state index in [-0.39, 0.29) is 28.0 Å². The third kappa shape index (κ3) is 4.18. The highest BCUT2D eigenvalue weighted by Gasteiger charge is 2.25. The average molecular weight is 471 g/mol. The highest BCUT2D eigenvalue weighted by molar-refractivity contribution is 6.42. The van der Waals surface area contributed by atoms with Gasteiger partial charge in [-0.15, -0.1) is 5.10 Å². The summed E-state index contributed by atoms with van der Waals surface area (Å²) in [5.41, 5.74) is 10.7. The van der Waals surface area contributed by atoms with Crippen molar-refractivity contribution >= 4 is 40.6 Å². The third-order valence-electron chi connectivity index (χ3n) is 4.51. The molecule has 0 fully saturated rings. The van der Waals surface area contributed by atoms with Gasteiger partial charge in [-0.3, -0.25) is 4.79 Å². The number of amides is 1. The molecule has 0 unspecified atom stereocenters. The molecule has 12 heteroatoms. The van der Waals surface area contributed by atoms with E-state index in [1.807, 2.05) is 37.3 Å². The maximum atomic E-state index is 13.0. The molecule has 0 aliphatic rings. The molecule has 2 heterocycles. The van der Waals surface area contributed by atoms with Gasteiger partial charge < -0.3 is 5.73 Å². The van der Waals surface area contributed by atoms with Crippen LogP contribution in [0.5, 0.6) is 0 Å². The van der Waals surface area contributed by atoms with E-state index < -0.39 is 5.91 Å². The van der Waals surface area contributed by atoms with Crippen LogP contribution in [0.4, 0.5) is 5.82 Å². The van der Waals surface area contributed by atoms with Gasteiger partial charge in [0.05, 0.1) is 15.8 Å². The number of benzene rings is 2. The van der Waals surface area contributed by atoms with Gasteiger partial charge in [-0.25, -0.2) is 10.1 Å². The van der Waals surface area contributed by atoms with Crippen LogP contribution in [0.25, 0.3) is 17.1 Å². The molecule has 4 aromatic rings. The molecule has 0 spiro atoms. The minimum atomic E-state index is -0.589. The number of carbonyl (C=O) groups excluding carboxylic acids is 1. The Kier molecular flexibility index (Phi) is 6.15. The first-order chi connectivity index (χ1) is 15.5. The van der Waals surface area contributed by atoms with Gasteiger partial charge in [-0.05, 0) is 34.4 Å². The van der Waals surface area contributed by atoms with Gasteiger partial charge in [0.1, 0.15) is 5.69 Å². The molecule has 0 aliphatic heterocycles. The van der Waals surface area contributed by atoms with Crippen LogP contribution in [0.2, 0.25) is 10.0 Å². The van der Waals surface area contributed by atoms with Crippen molar-refractivity contribution in [2.75, 3.05) is 5.73 Å². The predicted octanol–water partition coefficient (Wildman–Crippen LogP) is 3.75. The van der Waals surface area contributed by atoms with Crippen molar-refractivity contribution in [3.8, 4) is 17.1 Å². The number of aromatic nitrogens is 5. The van der Waals surface area contributed by atoms with Crippen molar-refractivity contribution in [2.24, 2.45) is 5.10 Å². The lowest BCUT2D eigenvalue weighted by Gasteiger charge is -2.08. The molecular formula is C20H16Cl2N8O2. The van der Waals surface area contributed by atoms with Crippen LogP contribution in [0.1, 0.15) is 29.4 Å². The summed E-state index contributed by atoms with van der Waals surface area (Å²) in [6, 6.07) is 14.3. The quantitative estimate of drug-likeness (QED) is 0.323. The zero-order valence-corrected chi connectivity index (χ0v) is 18.2. The lowest BCUT2D eigenvalue weighted by atomic mass is 10.1. The van der Waals surface area contributed by atoms with E-state index in [4.69, 9.17) is 28.9 Å². The third-order valence-corrected chi connectivity index (χ3v) is 5.25. The molecule has 2 aromatic heterocycles. The van der Waals surface area contributed by atoms with E-state index in [1.165, 1.54) is 4.68 Å². The van der Waals surface area contributed by atoms with E-state index in [9.17, 15) is 4.79 Å². The minimum absolute atomic E-state index is 0.0291. The summed E-state index contributed by atoms with van der Waals surface area (Å²) in [5.74, 6) is -0.549. The van der Waals surface area contributed by atoms with Gasteiger partial charge in [0.25, 0.3) is 5.91 Å². The number of nitrogens with one attached hydrogen (secondary N) is 1. The van der Waals surface area contributed by atoms with E-state index in [0.29, 0.717) is 22.7 Å². The molecule has 3 N–H and O–H groups in total. The van der Waals surface area contributed by atoms with Crippen molar-refractivity contribution in [1.82, 2.24) is 30.7 Å². The summed E-state index contributed by atoms with van der Waals surface area (Å²) in [4.78, 5) is 13.0. The Balaban J connectivity index is 1.76. The molecule has 0 saturated heterocycles. The Hall–Kier alpha value is -3.76. The first-order valence-corrected chi connectivity index (χ1v) is 10.2. The molecule has 0 atom stereocenters. The first-order valence-electron chi connectivity index (χ1n) is 9.41. The number of carbonyl (C=O) groups is 1. The minimum Gasteiger partial charge on any atom is -0.378 e. The van der Waals surface area contributed by atoms with Crippen LogP contribution < -0.4 is 11.2 Å². The van der Waals surface area contributed by atoms with Gasteiger partial charge in [-0.2, -0.15) is 9.78 Å². The Morgan fingerprint density at radius 1 is 1.16 bits per heavy atom. The van der Waals surface area contributed by atoms with Gasteiger partial charge >= 0.3 is 0 Å². The zero-order valence-electron chi connectivity index (χ0n) is 16.7. The van der Waals surface area contributed by atoms with Crippen LogP contribution in [-0.4, -0.2) is 36.9 Å². The van der Waals surface area contributed by atoms with Gasteiger partial charge in [0.2, 0.25) is 11.6 Å². The van der Waals surface area contributed by atoms with E-state index >= 15 is 0 Å². The van der Waals surface area contributed by atoms with E-state index in [1.54, 1.807) is 18.2 Å². The normalized spacial score (nSPS) is 11.5. The number of nitrogens with zero attached hydrogens (tertiary/aromatic N) is 6. The number of rotatable bonds is 6. The standard InChI is InChI=1S/C20H16Cl2N8O2/c1-2-15(11-6-4-3-5-7-11)24-26-20(31)16-17(12-8-9-13(21)14(22)10-12)30(29-25-16)19-18(23)27-32-28-19/h3-10H,2H2,1H3,(H2,23,27)(H,26,31)/b24-15+. The Labute approximate surface area is 192 Å². The summed E-state index contributed by atoms with van der Waals surface area (Å²) >= 11 is 12.2. The smallest absolute Gasteiger partial charge is 0.294 e. The fraction of sp³-hybridized carbons (Fsp3) is 0.100. The number of hydrazone groups is 1. The SMILES string of the molecule is CC/C(=N\NC(=O)c1nnn(-c2nonc2N)c1-c1ccc(Cl)c(Cl)c1)c1ccccc1.